The predicted octanol–water partition coefficient (Wildman–Crippen LogP) is 0.0379. The van der Waals surface area contributed by atoms with Gasteiger partial charge in [0.05, 0.1) is 6.61 Å². The maximum Gasteiger partial charge on any atom is 0.0617 e. The quantitative estimate of drug-likeness (QED) is 0.605. The van der Waals surface area contributed by atoms with Gasteiger partial charge in [0.15, 0.2) is 0 Å². The molecule has 0 radical (unpaired) electrons. The number of likely N-dealkylation sites (tertiary alicyclic amines) is 1. The van der Waals surface area contributed by atoms with E-state index < -0.39 is 0 Å². The first-order chi connectivity index (χ1) is 6.16. The maximum absolute atomic E-state index is 9.40. The van der Waals surface area contributed by atoms with Gasteiger partial charge in [-0.05, 0) is 31.7 Å². The second-order valence-electron chi connectivity index (χ2n) is 4.82. The van der Waals surface area contributed by atoms with Gasteiger partial charge >= 0.3 is 0 Å². The highest BCUT2D eigenvalue weighted by atomic mass is 16.3. The van der Waals surface area contributed by atoms with Crippen molar-refractivity contribution in [1.29, 1.82) is 0 Å². The Balaban J connectivity index is 2.19. The first-order valence-corrected chi connectivity index (χ1v) is 5.25. The molecule has 2 unspecified atom stereocenters. The number of nitrogens with zero attached hydrogens (tertiary/aromatic N) is 1. The molecule has 2 rings (SSSR count). The summed E-state index contributed by atoms with van der Waals surface area (Å²) >= 11 is 0. The van der Waals surface area contributed by atoms with E-state index in [-0.39, 0.29) is 12.1 Å². The van der Waals surface area contributed by atoms with E-state index in [9.17, 15) is 5.11 Å². The van der Waals surface area contributed by atoms with Crippen molar-refractivity contribution in [3.63, 3.8) is 0 Å². The molecule has 0 spiro atoms. The molecule has 1 heterocycles. The van der Waals surface area contributed by atoms with Crippen molar-refractivity contribution in [2.75, 3.05) is 26.7 Å². The Bertz CT molecular complexity index is 181. The number of hydrogen-bond donors (Lipinski definition) is 2. The molecular formula is C10H20N2O. The first-order valence-electron chi connectivity index (χ1n) is 5.25. The summed E-state index contributed by atoms with van der Waals surface area (Å²) in [6, 6.07) is 0. The lowest BCUT2D eigenvalue weighted by atomic mass is 9.64. The SMILES string of the molecule is CN1CC2CCCC(C1)C2(N)CO. The van der Waals surface area contributed by atoms with E-state index in [0.29, 0.717) is 11.8 Å². The van der Waals surface area contributed by atoms with Crippen LogP contribution in [0.4, 0.5) is 0 Å². The summed E-state index contributed by atoms with van der Waals surface area (Å²) in [6.45, 7) is 2.29. The Kier molecular flexibility index (Phi) is 2.34. The average Bonchev–Trinajstić information content (AvgIpc) is 2.08. The minimum Gasteiger partial charge on any atom is -0.394 e. The van der Waals surface area contributed by atoms with E-state index in [1.165, 1.54) is 19.3 Å². The monoisotopic (exact) mass is 184 g/mol. The van der Waals surface area contributed by atoms with E-state index in [4.69, 9.17) is 5.73 Å². The molecule has 3 N–H and O–H groups in total. The third-order valence-electron chi connectivity index (χ3n) is 3.96. The standard InChI is InChI=1S/C10H20N2O/c1-12-5-8-3-2-4-9(6-12)10(8,11)7-13/h8-9,13H,2-7,11H2,1H3. The molecule has 0 aromatic rings. The molecule has 1 saturated heterocycles. The smallest absolute Gasteiger partial charge is 0.0617 e. The molecule has 2 bridgehead atoms. The second-order valence-corrected chi connectivity index (χ2v) is 4.82. The highest BCUT2D eigenvalue weighted by Gasteiger charge is 2.47. The van der Waals surface area contributed by atoms with Crippen molar-refractivity contribution in [3.05, 3.63) is 0 Å². The molecular weight excluding hydrogens is 164 g/mol. The third-order valence-corrected chi connectivity index (χ3v) is 3.96. The molecule has 0 amide bonds. The highest BCUT2D eigenvalue weighted by Crippen LogP contribution is 2.40. The van der Waals surface area contributed by atoms with Gasteiger partial charge in [0, 0.05) is 18.6 Å². The van der Waals surface area contributed by atoms with E-state index >= 15 is 0 Å². The molecule has 76 valence electrons. The Morgan fingerprint density at radius 1 is 1.38 bits per heavy atom. The zero-order valence-corrected chi connectivity index (χ0v) is 8.37. The minimum absolute atomic E-state index is 0.163. The van der Waals surface area contributed by atoms with Crippen molar-refractivity contribution < 1.29 is 5.11 Å². The van der Waals surface area contributed by atoms with Crippen molar-refractivity contribution in [1.82, 2.24) is 4.90 Å². The Hall–Kier alpha value is -0.120. The normalized spacial score (nSPS) is 46.4. The van der Waals surface area contributed by atoms with Gasteiger partial charge in [-0.15, -0.1) is 0 Å². The molecule has 2 atom stereocenters. The highest BCUT2D eigenvalue weighted by molar-refractivity contribution is 5.04. The summed E-state index contributed by atoms with van der Waals surface area (Å²) < 4.78 is 0. The van der Waals surface area contributed by atoms with Gasteiger partial charge < -0.3 is 15.7 Å². The van der Waals surface area contributed by atoms with Gasteiger partial charge in [0.1, 0.15) is 0 Å². The topological polar surface area (TPSA) is 49.5 Å². The van der Waals surface area contributed by atoms with Crippen molar-refractivity contribution >= 4 is 0 Å². The van der Waals surface area contributed by atoms with Crippen LogP contribution in [0.3, 0.4) is 0 Å². The van der Waals surface area contributed by atoms with Gasteiger partial charge in [-0.2, -0.15) is 0 Å². The fourth-order valence-corrected chi connectivity index (χ4v) is 3.09. The van der Waals surface area contributed by atoms with Crippen molar-refractivity contribution in [2.24, 2.45) is 17.6 Å². The maximum atomic E-state index is 9.40. The van der Waals surface area contributed by atoms with E-state index in [0.717, 1.165) is 13.1 Å². The average molecular weight is 184 g/mol. The zero-order valence-electron chi connectivity index (χ0n) is 8.37. The summed E-state index contributed by atoms with van der Waals surface area (Å²) in [5.74, 6) is 1.02. The molecule has 3 nitrogen and oxygen atoms in total. The fourth-order valence-electron chi connectivity index (χ4n) is 3.09. The fraction of sp³-hybridized carbons (Fsp3) is 1.00. The van der Waals surface area contributed by atoms with Crippen LogP contribution in [0.25, 0.3) is 0 Å². The molecule has 1 aliphatic heterocycles. The number of piperidine rings is 1. The number of nitrogens with two attached hydrogens (primary N) is 1. The van der Waals surface area contributed by atoms with Crippen LogP contribution >= 0.6 is 0 Å². The van der Waals surface area contributed by atoms with Gasteiger partial charge in [-0.3, -0.25) is 0 Å². The summed E-state index contributed by atoms with van der Waals surface area (Å²) in [5.41, 5.74) is 6.02. The van der Waals surface area contributed by atoms with Crippen LogP contribution in [-0.4, -0.2) is 42.3 Å². The molecule has 3 heteroatoms. The van der Waals surface area contributed by atoms with Crippen LogP contribution in [0.5, 0.6) is 0 Å². The van der Waals surface area contributed by atoms with Crippen LogP contribution in [-0.2, 0) is 0 Å². The molecule has 1 saturated carbocycles. The lowest BCUT2D eigenvalue weighted by molar-refractivity contribution is -0.0208. The third kappa shape index (κ3) is 1.39. The number of rotatable bonds is 1. The van der Waals surface area contributed by atoms with Crippen LogP contribution in [0, 0.1) is 11.8 Å². The van der Waals surface area contributed by atoms with E-state index in [2.05, 4.69) is 11.9 Å². The summed E-state index contributed by atoms with van der Waals surface area (Å²) in [4.78, 5) is 2.36. The van der Waals surface area contributed by atoms with Gasteiger partial charge in [-0.1, -0.05) is 6.42 Å². The number of aliphatic hydroxyl groups excluding tert-OH is 1. The Morgan fingerprint density at radius 2 is 1.92 bits per heavy atom. The van der Waals surface area contributed by atoms with Gasteiger partial charge in [-0.25, -0.2) is 0 Å². The van der Waals surface area contributed by atoms with Crippen LogP contribution < -0.4 is 5.73 Å². The number of fused-ring (bicyclic) bond motifs is 2. The Morgan fingerprint density at radius 3 is 2.38 bits per heavy atom. The largest absolute Gasteiger partial charge is 0.394 e. The van der Waals surface area contributed by atoms with Crippen LogP contribution in [0.15, 0.2) is 0 Å². The summed E-state index contributed by atoms with van der Waals surface area (Å²) in [7, 11) is 2.16. The van der Waals surface area contributed by atoms with Gasteiger partial charge in [0.2, 0.25) is 0 Å². The lowest BCUT2D eigenvalue weighted by Gasteiger charge is -2.52. The molecule has 0 aromatic carbocycles. The number of aliphatic hydroxyl groups is 1. The molecule has 1 aliphatic carbocycles. The predicted molar refractivity (Wildman–Crippen MR) is 52.3 cm³/mol. The Labute approximate surface area is 79.9 Å². The minimum atomic E-state index is -0.273. The second kappa shape index (κ2) is 3.23. The molecule has 13 heavy (non-hydrogen) atoms. The van der Waals surface area contributed by atoms with Crippen molar-refractivity contribution in [2.45, 2.75) is 24.8 Å². The van der Waals surface area contributed by atoms with Crippen LogP contribution in [0.1, 0.15) is 19.3 Å². The van der Waals surface area contributed by atoms with E-state index in [1.54, 1.807) is 0 Å². The lowest BCUT2D eigenvalue weighted by Crippen LogP contribution is -2.66. The van der Waals surface area contributed by atoms with Gasteiger partial charge in [0.25, 0.3) is 0 Å². The van der Waals surface area contributed by atoms with Crippen molar-refractivity contribution in [3.8, 4) is 0 Å². The number of hydrogen-bond acceptors (Lipinski definition) is 3. The molecule has 2 fully saturated rings. The summed E-state index contributed by atoms with van der Waals surface area (Å²) in [5, 5.41) is 9.40. The molecule has 0 aromatic heterocycles. The zero-order chi connectivity index (χ0) is 9.47. The molecule has 2 aliphatic rings. The van der Waals surface area contributed by atoms with E-state index in [1.807, 2.05) is 0 Å². The van der Waals surface area contributed by atoms with Crippen LogP contribution in [0.2, 0.25) is 0 Å². The first kappa shape index (κ1) is 9.44. The summed E-state index contributed by atoms with van der Waals surface area (Å²) in [6.07, 6.45) is 3.68.